The first kappa shape index (κ1) is 60.4. The molecule has 5 aliphatic rings. The fraction of sp³-hybridized carbons (Fsp3) is 0.807. The number of ether oxygens (including phenoxy) is 5. The molecule has 1 saturated carbocycles. The van der Waals surface area contributed by atoms with Gasteiger partial charge in [0.15, 0.2) is 5.82 Å². The summed E-state index contributed by atoms with van der Waals surface area (Å²) >= 11 is 0. The van der Waals surface area contributed by atoms with Crippen molar-refractivity contribution < 1.29 is 67.7 Å². The smallest absolute Gasteiger partial charge is 0.342 e. The number of piperidine rings is 4. The van der Waals surface area contributed by atoms with Crippen LogP contribution >= 0.6 is 0 Å². The summed E-state index contributed by atoms with van der Waals surface area (Å²) in [6.45, 7) is 36.8. The van der Waals surface area contributed by atoms with Crippen molar-refractivity contribution >= 4 is 29.8 Å². The van der Waals surface area contributed by atoms with Gasteiger partial charge in [0.25, 0.3) is 0 Å². The highest BCUT2D eigenvalue weighted by Gasteiger charge is 2.53. The van der Waals surface area contributed by atoms with Gasteiger partial charge >= 0.3 is 29.8 Å². The summed E-state index contributed by atoms with van der Waals surface area (Å²) in [6.07, 6.45) is -2.40. The van der Waals surface area contributed by atoms with E-state index in [4.69, 9.17) is 23.7 Å². The van der Waals surface area contributed by atoms with E-state index in [1.807, 2.05) is 55.4 Å². The molecule has 4 heterocycles. The number of benzene rings is 1. The molecule has 1 aromatic rings. The summed E-state index contributed by atoms with van der Waals surface area (Å²) < 4.78 is 50.1. The van der Waals surface area contributed by atoms with Crippen LogP contribution in [0.5, 0.6) is 0 Å². The van der Waals surface area contributed by atoms with Gasteiger partial charge < -0.3 is 44.6 Å². The molecule has 0 bridgehead atoms. The Labute approximate surface area is 445 Å². The Bertz CT molecular complexity index is 2340. The SMILES string of the molecule is CC1(C)CC(OC(=O)c2c(F)c(C(=O)OC3CC(C)(C)N(O)C(C)(C)C3)c(C(=O)OC3CC(C)(C)N(O)C(C)(C)C3)c(C(=O)OC3CC(C)(C)NC(C)(C)C3)c2C(=O)OC2CC(C)(C)N(O)C(C)(C)C2)CC(C)(C)C1. The van der Waals surface area contributed by atoms with Crippen LogP contribution in [-0.4, -0.2) is 135 Å². The van der Waals surface area contributed by atoms with E-state index in [1.54, 1.807) is 83.1 Å². The summed E-state index contributed by atoms with van der Waals surface area (Å²) in [6, 6.07) is 0. The van der Waals surface area contributed by atoms with E-state index in [0.717, 1.165) is 6.42 Å². The molecule has 0 radical (unpaired) electrons. The molecular formula is C57H91FN4O13. The van der Waals surface area contributed by atoms with Gasteiger partial charge in [0, 0.05) is 95.7 Å². The summed E-state index contributed by atoms with van der Waals surface area (Å²) in [4.78, 5) is 77.4. The number of nitrogens with one attached hydrogen (secondary N) is 1. The zero-order valence-electron chi connectivity index (χ0n) is 48.8. The fourth-order valence-corrected chi connectivity index (χ4v) is 14.7. The molecule has 0 aromatic heterocycles. The van der Waals surface area contributed by atoms with Gasteiger partial charge in [0.1, 0.15) is 41.6 Å². The molecule has 0 spiro atoms. The lowest BCUT2D eigenvalue weighted by Crippen LogP contribution is -2.61. The van der Waals surface area contributed by atoms with Gasteiger partial charge in [-0.05, 0) is 141 Å². The van der Waals surface area contributed by atoms with E-state index in [1.165, 1.54) is 15.2 Å². The minimum absolute atomic E-state index is 0.0477. The lowest BCUT2D eigenvalue weighted by atomic mass is 9.64. The van der Waals surface area contributed by atoms with Gasteiger partial charge in [-0.25, -0.2) is 28.4 Å². The minimum atomic E-state index is -1.67. The highest BCUT2D eigenvalue weighted by molar-refractivity contribution is 6.19. The second-order valence-electron chi connectivity index (χ2n) is 29.6. The van der Waals surface area contributed by atoms with E-state index in [2.05, 4.69) is 5.32 Å². The summed E-state index contributed by atoms with van der Waals surface area (Å²) in [7, 11) is 0. The number of carbonyl (C=O) groups excluding carboxylic acids is 5. The Morgan fingerprint density at radius 1 is 0.373 bits per heavy atom. The highest BCUT2D eigenvalue weighted by Crippen LogP contribution is 2.48. The Balaban J connectivity index is 1.67. The molecule has 17 nitrogen and oxygen atoms in total. The van der Waals surface area contributed by atoms with Crippen molar-refractivity contribution in [3.63, 3.8) is 0 Å². The molecule has 18 heteroatoms. The van der Waals surface area contributed by atoms with Crippen LogP contribution in [0, 0.1) is 16.6 Å². The Hall–Kier alpha value is -3.78. The molecule has 0 unspecified atom stereocenters. The fourth-order valence-electron chi connectivity index (χ4n) is 14.7. The third-order valence-corrected chi connectivity index (χ3v) is 16.3. The van der Waals surface area contributed by atoms with E-state index >= 15 is 28.4 Å². The first-order valence-corrected chi connectivity index (χ1v) is 26.9. The van der Waals surface area contributed by atoms with Crippen LogP contribution in [0.25, 0.3) is 0 Å². The van der Waals surface area contributed by atoms with Gasteiger partial charge in [0.2, 0.25) is 0 Å². The first-order chi connectivity index (χ1) is 33.7. The number of halogens is 1. The van der Waals surface area contributed by atoms with Gasteiger partial charge in [-0.2, -0.15) is 15.2 Å². The number of rotatable bonds is 10. The number of hydrogen-bond acceptors (Lipinski definition) is 17. The zero-order valence-corrected chi connectivity index (χ0v) is 48.8. The molecule has 75 heavy (non-hydrogen) atoms. The van der Waals surface area contributed by atoms with E-state index < -0.39 is 138 Å². The topological polar surface area (TPSA) is 214 Å². The molecule has 4 N–H and O–H groups in total. The molecule has 424 valence electrons. The van der Waals surface area contributed by atoms with Crippen LogP contribution in [0.4, 0.5) is 4.39 Å². The Morgan fingerprint density at radius 3 is 0.827 bits per heavy atom. The number of carbonyl (C=O) groups is 5. The van der Waals surface area contributed by atoms with Crippen molar-refractivity contribution in [3.8, 4) is 0 Å². The highest BCUT2D eigenvalue weighted by atomic mass is 19.1. The Morgan fingerprint density at radius 2 is 0.573 bits per heavy atom. The Kier molecular flexibility index (Phi) is 16.0. The maximum atomic E-state index is 18.7. The zero-order chi connectivity index (χ0) is 57.0. The van der Waals surface area contributed by atoms with Gasteiger partial charge in [0.05, 0.1) is 16.7 Å². The van der Waals surface area contributed by atoms with Crippen LogP contribution < -0.4 is 5.32 Å². The van der Waals surface area contributed by atoms with Crippen molar-refractivity contribution in [2.24, 2.45) is 10.8 Å². The average molecular weight is 1060 g/mol. The van der Waals surface area contributed by atoms with Gasteiger partial charge in [-0.15, -0.1) is 0 Å². The van der Waals surface area contributed by atoms with E-state index in [9.17, 15) is 15.6 Å². The molecule has 1 aromatic carbocycles. The van der Waals surface area contributed by atoms with Crippen LogP contribution in [-0.2, 0) is 23.7 Å². The number of nitrogens with zero attached hydrogens (tertiary/aromatic N) is 3. The molecular weight excluding hydrogens is 968 g/mol. The quantitative estimate of drug-likeness (QED) is 0.127. The van der Waals surface area contributed by atoms with E-state index in [0.29, 0.717) is 12.8 Å². The molecule has 0 atom stereocenters. The third-order valence-electron chi connectivity index (χ3n) is 16.3. The van der Waals surface area contributed by atoms with Crippen molar-refractivity contribution in [2.75, 3.05) is 0 Å². The third kappa shape index (κ3) is 13.1. The first-order valence-electron chi connectivity index (χ1n) is 26.9. The molecule has 6 rings (SSSR count). The second kappa shape index (κ2) is 19.8. The van der Waals surface area contributed by atoms with Crippen molar-refractivity contribution in [3.05, 3.63) is 33.6 Å². The molecule has 1 aliphatic carbocycles. The molecule has 0 amide bonds. The van der Waals surface area contributed by atoms with Crippen LogP contribution in [0.15, 0.2) is 0 Å². The summed E-state index contributed by atoms with van der Waals surface area (Å²) in [5, 5.41) is 40.7. The standard InChI is InChI=1S/C57H91FN4O13/c1-48(2)21-32(22-49(3,4)31-48)71-46(66)40-38(44(64)73-34-25-52(9,10)60(68)53(11,12)26-34)37(43(63)72-33-23-50(5,6)59-51(7,8)24-33)39(45(65)74-35-27-54(13,14)61(69)55(15,16)28-35)41(42(40)58)47(67)75-36-29-56(17,18)62(70)57(19,20)30-36/h32-36,59,68-70H,21-31H2,1-20H3. The lowest BCUT2D eigenvalue weighted by molar-refractivity contribution is -0.257. The van der Waals surface area contributed by atoms with Crippen LogP contribution in [0.2, 0.25) is 0 Å². The van der Waals surface area contributed by atoms with E-state index in [-0.39, 0.29) is 62.2 Å². The van der Waals surface area contributed by atoms with Crippen LogP contribution in [0.3, 0.4) is 0 Å². The molecule has 5 fully saturated rings. The average Bonchev–Trinajstić information content (AvgIpc) is 3.17. The monoisotopic (exact) mass is 1060 g/mol. The predicted molar refractivity (Wildman–Crippen MR) is 277 cm³/mol. The van der Waals surface area contributed by atoms with Crippen molar-refractivity contribution in [1.29, 1.82) is 0 Å². The van der Waals surface area contributed by atoms with Gasteiger partial charge in [-0.3, -0.25) is 0 Å². The lowest BCUT2D eigenvalue weighted by Gasteiger charge is -2.51. The number of esters is 5. The molecule has 4 saturated heterocycles. The maximum absolute atomic E-state index is 18.7. The largest absolute Gasteiger partial charge is 0.459 e. The minimum Gasteiger partial charge on any atom is -0.459 e. The normalized spacial score (nSPS) is 26.7. The van der Waals surface area contributed by atoms with Crippen molar-refractivity contribution in [2.45, 2.75) is 284 Å². The van der Waals surface area contributed by atoms with Gasteiger partial charge in [-0.1, -0.05) is 27.7 Å². The molecule has 4 aliphatic heterocycles. The second-order valence-corrected chi connectivity index (χ2v) is 29.6. The summed E-state index contributed by atoms with van der Waals surface area (Å²) in [5.41, 5.74) is -12.9. The summed E-state index contributed by atoms with van der Waals surface area (Å²) in [5.74, 6) is -8.61. The number of hydrogen-bond donors (Lipinski definition) is 4. The van der Waals surface area contributed by atoms with Crippen LogP contribution in [0.1, 0.15) is 261 Å². The van der Waals surface area contributed by atoms with Crippen molar-refractivity contribution in [1.82, 2.24) is 20.5 Å². The predicted octanol–water partition coefficient (Wildman–Crippen LogP) is 10.8. The number of hydroxylamine groups is 6. The maximum Gasteiger partial charge on any atom is 0.342 e.